The lowest BCUT2D eigenvalue weighted by molar-refractivity contribution is -0.141. The largest absolute Gasteiger partial charge is 0.497 e. The van der Waals surface area contributed by atoms with E-state index in [0.29, 0.717) is 41.0 Å². The molecule has 0 unspecified atom stereocenters. The van der Waals surface area contributed by atoms with Crippen molar-refractivity contribution in [2.45, 2.75) is 51.4 Å². The van der Waals surface area contributed by atoms with Crippen molar-refractivity contribution in [2.24, 2.45) is 0 Å². The summed E-state index contributed by atoms with van der Waals surface area (Å²) >= 11 is 0. The van der Waals surface area contributed by atoms with Crippen LogP contribution in [0.15, 0.2) is 53.6 Å². The Bertz CT molecular complexity index is 1770. The number of carbonyl (C=O) groups excluding carboxylic acids is 1. The van der Waals surface area contributed by atoms with Gasteiger partial charge in [-0.25, -0.2) is 9.67 Å². The van der Waals surface area contributed by atoms with Gasteiger partial charge in [-0.15, -0.1) is 0 Å². The number of halogens is 6. The summed E-state index contributed by atoms with van der Waals surface area (Å²) in [4.78, 5) is 30.7. The van der Waals surface area contributed by atoms with Crippen molar-refractivity contribution in [3.05, 3.63) is 81.7 Å². The summed E-state index contributed by atoms with van der Waals surface area (Å²) < 4.78 is 94.2. The monoisotopic (exact) mass is 652 g/mol. The number of aromatic nitrogens is 4. The van der Waals surface area contributed by atoms with E-state index in [-0.39, 0.29) is 38.6 Å². The van der Waals surface area contributed by atoms with Gasteiger partial charge in [0.25, 0.3) is 5.56 Å². The molecule has 1 aliphatic rings. The van der Waals surface area contributed by atoms with Crippen LogP contribution in [0.4, 0.5) is 32.0 Å². The summed E-state index contributed by atoms with van der Waals surface area (Å²) in [5.74, 6) is 0.317. The topological polar surface area (TPSA) is 104 Å². The molecule has 4 heterocycles. The van der Waals surface area contributed by atoms with Gasteiger partial charge in [0.2, 0.25) is 5.91 Å². The highest BCUT2D eigenvalue weighted by atomic mass is 19.4. The van der Waals surface area contributed by atoms with Gasteiger partial charge in [0, 0.05) is 30.2 Å². The number of anilines is 1. The molecule has 0 fully saturated rings. The highest BCUT2D eigenvalue weighted by molar-refractivity contribution is 5.82. The van der Waals surface area contributed by atoms with Crippen molar-refractivity contribution in [3.63, 3.8) is 0 Å². The van der Waals surface area contributed by atoms with Gasteiger partial charge in [0.05, 0.1) is 63.4 Å². The lowest BCUT2D eigenvalue weighted by atomic mass is 10.2. The third-order valence-electron chi connectivity index (χ3n) is 7.51. The fraction of sp³-hybridized carbons (Fsp3) is 0.400. The van der Waals surface area contributed by atoms with Crippen LogP contribution in [0.2, 0.25) is 0 Å². The van der Waals surface area contributed by atoms with Crippen LogP contribution in [0, 0.1) is 0 Å². The maximum absolute atomic E-state index is 13.9. The minimum Gasteiger partial charge on any atom is -0.497 e. The third kappa shape index (κ3) is 7.27. The molecule has 1 aromatic carbocycles. The maximum Gasteiger partial charge on any atom is 0.433 e. The number of hydrogen-bond donors (Lipinski definition) is 1. The zero-order valence-electron chi connectivity index (χ0n) is 24.8. The van der Waals surface area contributed by atoms with E-state index >= 15 is 0 Å². The second kappa shape index (κ2) is 13.0. The minimum atomic E-state index is -4.95. The molecule has 16 heteroatoms. The van der Waals surface area contributed by atoms with E-state index in [2.05, 4.69) is 15.4 Å². The Kier molecular flexibility index (Phi) is 9.28. The van der Waals surface area contributed by atoms with Gasteiger partial charge in [0.15, 0.2) is 0 Å². The molecule has 0 spiro atoms. The average Bonchev–Trinajstić information content (AvgIpc) is 3.37. The van der Waals surface area contributed by atoms with Gasteiger partial charge in [-0.05, 0) is 36.8 Å². The van der Waals surface area contributed by atoms with Crippen LogP contribution in [-0.4, -0.2) is 63.0 Å². The number of nitrogens with one attached hydrogen (secondary N) is 1. The number of carbonyl (C=O) groups is 1. The van der Waals surface area contributed by atoms with E-state index in [0.717, 1.165) is 16.9 Å². The van der Waals surface area contributed by atoms with Crippen LogP contribution < -0.4 is 15.6 Å². The lowest BCUT2D eigenvalue weighted by Gasteiger charge is -2.29. The van der Waals surface area contributed by atoms with Crippen LogP contribution in [0.1, 0.15) is 35.9 Å². The van der Waals surface area contributed by atoms with Crippen molar-refractivity contribution < 1.29 is 40.6 Å². The van der Waals surface area contributed by atoms with Gasteiger partial charge >= 0.3 is 12.4 Å². The number of nitrogens with zero attached hydrogens (tertiary/aromatic N) is 5. The number of amides is 1. The van der Waals surface area contributed by atoms with E-state index in [9.17, 15) is 35.9 Å². The molecule has 246 valence electrons. The first-order valence-corrected chi connectivity index (χ1v) is 14.2. The average molecular weight is 653 g/mol. The number of ether oxygens (including phenoxy) is 2. The Morgan fingerprint density at radius 1 is 1.04 bits per heavy atom. The van der Waals surface area contributed by atoms with Crippen LogP contribution >= 0.6 is 0 Å². The van der Waals surface area contributed by atoms with Crippen molar-refractivity contribution in [1.82, 2.24) is 24.2 Å². The first kappa shape index (κ1) is 32.8. The predicted molar refractivity (Wildman–Crippen MR) is 154 cm³/mol. The Balaban J connectivity index is 1.14. The van der Waals surface area contributed by atoms with Crippen LogP contribution in [0.25, 0.3) is 10.9 Å². The van der Waals surface area contributed by atoms with Crippen molar-refractivity contribution in [1.29, 1.82) is 0 Å². The van der Waals surface area contributed by atoms with Crippen molar-refractivity contribution in [2.75, 3.05) is 32.2 Å². The van der Waals surface area contributed by atoms with Crippen molar-refractivity contribution >= 4 is 22.5 Å². The molecule has 0 saturated carbocycles. The Labute approximate surface area is 258 Å². The fourth-order valence-electron chi connectivity index (χ4n) is 5.25. The Morgan fingerprint density at radius 3 is 2.46 bits per heavy atom. The number of rotatable bonds is 10. The molecule has 1 aliphatic heterocycles. The second-order valence-corrected chi connectivity index (χ2v) is 10.8. The van der Waals surface area contributed by atoms with E-state index in [1.807, 2.05) is 4.57 Å². The van der Waals surface area contributed by atoms with Gasteiger partial charge in [-0.1, -0.05) is 12.1 Å². The molecule has 0 bridgehead atoms. The first-order valence-electron chi connectivity index (χ1n) is 14.2. The third-order valence-corrected chi connectivity index (χ3v) is 7.51. The molecule has 0 aliphatic carbocycles. The SMILES string of the molecule is COc1ccc(Cn2ncc(N[C@@H](C)COCCC(=O)N3CCn4c(cc5cc(C(F)(F)F)ncc54)C3)c(C(F)(F)F)c2=O)cc1. The summed E-state index contributed by atoms with van der Waals surface area (Å²) in [7, 11) is 1.48. The molecule has 0 radical (unpaired) electrons. The summed E-state index contributed by atoms with van der Waals surface area (Å²) in [6, 6.07) is 8.41. The molecular formula is C30H30F6N6O4. The molecule has 3 aromatic heterocycles. The van der Waals surface area contributed by atoms with Gasteiger partial charge in [0.1, 0.15) is 17.0 Å². The molecule has 10 nitrogen and oxygen atoms in total. The molecular weight excluding hydrogens is 622 g/mol. The van der Waals surface area contributed by atoms with Gasteiger partial charge in [-0.3, -0.25) is 9.59 Å². The fourth-order valence-corrected chi connectivity index (χ4v) is 5.25. The van der Waals surface area contributed by atoms with Crippen LogP contribution in [-0.2, 0) is 41.5 Å². The highest BCUT2D eigenvalue weighted by Crippen LogP contribution is 2.33. The summed E-state index contributed by atoms with van der Waals surface area (Å²) in [6.45, 7) is 2.23. The lowest BCUT2D eigenvalue weighted by Crippen LogP contribution is -2.38. The van der Waals surface area contributed by atoms with Gasteiger partial charge in [-0.2, -0.15) is 31.4 Å². The van der Waals surface area contributed by atoms with Gasteiger partial charge < -0.3 is 24.3 Å². The Morgan fingerprint density at radius 2 is 1.78 bits per heavy atom. The zero-order valence-corrected chi connectivity index (χ0v) is 24.8. The number of fused-ring (bicyclic) bond motifs is 3. The molecule has 5 rings (SSSR count). The molecule has 0 saturated heterocycles. The second-order valence-electron chi connectivity index (χ2n) is 10.8. The summed E-state index contributed by atoms with van der Waals surface area (Å²) in [5, 5.41) is 6.95. The van der Waals surface area contributed by atoms with E-state index in [4.69, 9.17) is 9.47 Å². The quantitative estimate of drug-likeness (QED) is 0.191. The standard InChI is InChI=1S/C30H30F6N6O4/c1-18(39-23-13-38-42(28(44)27(23)30(34,35)36)15-19-3-5-22(45-2)6-4-19)17-46-10-7-26(43)40-8-9-41-21(16-40)11-20-12-25(29(31,32)33)37-14-24(20)41/h3-6,11-14,18,39H,7-10,15-17H2,1-2H3/t18-/m0/s1. The Hall–Kier alpha value is -4.60. The molecule has 1 atom stereocenters. The van der Waals surface area contributed by atoms with Crippen LogP contribution in [0.3, 0.4) is 0 Å². The normalized spacial score (nSPS) is 14.3. The summed E-state index contributed by atoms with van der Waals surface area (Å²) in [6.07, 6.45) is -7.39. The molecule has 4 aromatic rings. The highest BCUT2D eigenvalue weighted by Gasteiger charge is 2.38. The molecule has 46 heavy (non-hydrogen) atoms. The maximum atomic E-state index is 13.9. The zero-order chi connectivity index (χ0) is 33.2. The van der Waals surface area contributed by atoms with Crippen molar-refractivity contribution in [3.8, 4) is 5.75 Å². The van der Waals surface area contributed by atoms with E-state index < -0.39 is 40.9 Å². The number of methoxy groups -OCH3 is 1. The van der Waals surface area contributed by atoms with Crippen LogP contribution in [0.5, 0.6) is 5.75 Å². The minimum absolute atomic E-state index is 0.0104. The number of benzene rings is 1. The van der Waals surface area contributed by atoms with E-state index in [1.165, 1.54) is 13.3 Å². The number of pyridine rings is 1. The van der Waals surface area contributed by atoms with E-state index in [1.54, 1.807) is 42.2 Å². The molecule has 1 amide bonds. The molecule has 1 N–H and O–H groups in total. The summed E-state index contributed by atoms with van der Waals surface area (Å²) in [5.41, 5.74) is -2.37. The predicted octanol–water partition coefficient (Wildman–Crippen LogP) is 4.94. The smallest absolute Gasteiger partial charge is 0.433 e. The number of hydrogen-bond acceptors (Lipinski definition) is 7. The first-order chi connectivity index (χ1) is 21.7. The number of alkyl halides is 6.